The molecule has 2 atom stereocenters. The Morgan fingerprint density at radius 1 is 0.607 bits per heavy atom. The number of aliphatic hydroxyl groups excluding tert-OH is 1. The first-order chi connectivity index (χ1) is 13.4. The lowest BCUT2D eigenvalue weighted by atomic mass is 10.0. The van der Waals surface area contributed by atoms with E-state index >= 15 is 0 Å². The van der Waals surface area contributed by atoms with E-state index in [4.69, 9.17) is 0 Å². The molecule has 2 N–H and O–H groups in total. The van der Waals surface area contributed by atoms with Gasteiger partial charge in [0.2, 0.25) is 0 Å². The molecule has 0 aliphatic heterocycles. The molecule has 0 saturated carbocycles. The molecule has 28 heavy (non-hydrogen) atoms. The van der Waals surface area contributed by atoms with Gasteiger partial charge in [0.05, 0.1) is 11.4 Å². The topological polar surface area (TPSA) is 74.6 Å². The van der Waals surface area contributed by atoms with Gasteiger partial charge in [-0.2, -0.15) is 8.42 Å². The zero-order chi connectivity index (χ0) is 21.1. The second-order valence-electron chi connectivity index (χ2n) is 8.66. The largest absolute Gasteiger partial charge is 0.393 e. The van der Waals surface area contributed by atoms with E-state index in [0.29, 0.717) is 12.8 Å². The van der Waals surface area contributed by atoms with E-state index in [2.05, 4.69) is 6.92 Å². The minimum atomic E-state index is -3.90. The van der Waals surface area contributed by atoms with E-state index in [1.807, 2.05) is 6.92 Å². The molecule has 0 saturated heterocycles. The maximum atomic E-state index is 11.6. The van der Waals surface area contributed by atoms with Crippen molar-refractivity contribution in [2.24, 2.45) is 0 Å². The molecule has 170 valence electrons. The summed E-state index contributed by atoms with van der Waals surface area (Å²) in [5, 5.41) is 8.65. The molecule has 5 heteroatoms. The summed E-state index contributed by atoms with van der Waals surface area (Å²) in [6.45, 7) is 4.04. The molecule has 0 bridgehead atoms. The summed E-state index contributed by atoms with van der Waals surface area (Å²) in [6, 6.07) is 0. The fourth-order valence-electron chi connectivity index (χ4n) is 3.82. The average molecular weight is 421 g/mol. The van der Waals surface area contributed by atoms with Crippen molar-refractivity contribution in [3.63, 3.8) is 0 Å². The second-order valence-corrected chi connectivity index (χ2v) is 10.4. The van der Waals surface area contributed by atoms with E-state index in [0.717, 1.165) is 44.9 Å². The lowest BCUT2D eigenvalue weighted by Gasteiger charge is -2.13. The summed E-state index contributed by atoms with van der Waals surface area (Å²) >= 11 is 0. The van der Waals surface area contributed by atoms with Crippen molar-refractivity contribution in [3.05, 3.63) is 0 Å². The molecule has 0 fully saturated rings. The molecular formula is C23H48O4S. The van der Waals surface area contributed by atoms with Crippen molar-refractivity contribution in [2.75, 3.05) is 0 Å². The van der Waals surface area contributed by atoms with Gasteiger partial charge in [0.15, 0.2) is 0 Å². The van der Waals surface area contributed by atoms with Crippen LogP contribution >= 0.6 is 0 Å². The molecule has 2 unspecified atom stereocenters. The highest BCUT2D eigenvalue weighted by Crippen LogP contribution is 2.19. The first kappa shape index (κ1) is 27.9. The Bertz CT molecular complexity index is 420. The van der Waals surface area contributed by atoms with Gasteiger partial charge in [-0.1, -0.05) is 110 Å². The van der Waals surface area contributed by atoms with Gasteiger partial charge in [0.1, 0.15) is 0 Å². The highest BCUT2D eigenvalue weighted by atomic mass is 32.2. The minimum absolute atomic E-state index is 0.161. The normalized spacial score (nSPS) is 14.3. The summed E-state index contributed by atoms with van der Waals surface area (Å²) in [7, 11) is -3.90. The highest BCUT2D eigenvalue weighted by molar-refractivity contribution is 7.86. The Morgan fingerprint density at radius 2 is 0.929 bits per heavy atom. The quantitative estimate of drug-likeness (QED) is 0.154. The van der Waals surface area contributed by atoms with Crippen molar-refractivity contribution in [1.29, 1.82) is 0 Å². The first-order valence-electron chi connectivity index (χ1n) is 12.0. The third-order valence-electron chi connectivity index (χ3n) is 5.70. The number of hydrogen-bond acceptors (Lipinski definition) is 3. The van der Waals surface area contributed by atoms with E-state index in [1.165, 1.54) is 64.2 Å². The van der Waals surface area contributed by atoms with Crippen molar-refractivity contribution in [1.82, 2.24) is 0 Å². The van der Waals surface area contributed by atoms with Gasteiger partial charge < -0.3 is 5.11 Å². The first-order valence-corrected chi connectivity index (χ1v) is 13.5. The molecule has 0 aliphatic carbocycles. The summed E-state index contributed by atoms with van der Waals surface area (Å²) in [4.78, 5) is 0. The van der Waals surface area contributed by atoms with Crippen LogP contribution in [0.15, 0.2) is 0 Å². The van der Waals surface area contributed by atoms with Crippen molar-refractivity contribution in [2.45, 2.75) is 147 Å². The van der Waals surface area contributed by atoms with Crippen LogP contribution in [0, 0.1) is 0 Å². The van der Waals surface area contributed by atoms with Crippen LogP contribution in [0.25, 0.3) is 0 Å². The molecule has 0 spiro atoms. The lowest BCUT2D eigenvalue weighted by molar-refractivity contribution is 0.180. The third-order valence-corrected chi connectivity index (χ3v) is 7.01. The number of hydrogen-bond donors (Lipinski definition) is 2. The molecular weight excluding hydrogens is 372 g/mol. The van der Waals surface area contributed by atoms with Crippen LogP contribution in [0.5, 0.6) is 0 Å². The van der Waals surface area contributed by atoms with Gasteiger partial charge in [-0.15, -0.1) is 0 Å². The molecule has 0 amide bonds. The zero-order valence-electron chi connectivity index (χ0n) is 18.7. The molecule has 0 aromatic carbocycles. The Hall–Kier alpha value is -0.130. The Kier molecular flexibility index (Phi) is 18.8. The number of rotatable bonds is 21. The smallest absolute Gasteiger partial charge is 0.267 e. The van der Waals surface area contributed by atoms with E-state index in [-0.39, 0.29) is 6.10 Å². The van der Waals surface area contributed by atoms with Crippen LogP contribution in [-0.4, -0.2) is 29.4 Å². The highest BCUT2D eigenvalue weighted by Gasteiger charge is 2.21. The van der Waals surface area contributed by atoms with E-state index in [1.54, 1.807) is 0 Å². The monoisotopic (exact) mass is 420 g/mol. The van der Waals surface area contributed by atoms with Gasteiger partial charge in [0, 0.05) is 0 Å². The summed E-state index contributed by atoms with van der Waals surface area (Å²) < 4.78 is 32.6. The van der Waals surface area contributed by atoms with Crippen LogP contribution in [-0.2, 0) is 10.1 Å². The van der Waals surface area contributed by atoms with Crippen LogP contribution in [0.1, 0.15) is 136 Å². The molecule has 0 radical (unpaired) electrons. The zero-order valence-corrected chi connectivity index (χ0v) is 19.5. The van der Waals surface area contributed by atoms with Crippen LogP contribution in [0.2, 0.25) is 0 Å². The predicted molar refractivity (Wildman–Crippen MR) is 120 cm³/mol. The number of aliphatic hydroxyl groups is 1. The molecule has 0 aromatic rings. The standard InChI is InChI=1S/C23H48O4S/c1-3-4-5-6-14-17-20-23(28(25,26)27)21-18-15-12-10-8-7-9-11-13-16-19-22(2)24/h22-24H,3-21H2,1-2H3,(H,25,26,27). The third kappa shape index (κ3) is 19.2. The van der Waals surface area contributed by atoms with Gasteiger partial charge >= 0.3 is 0 Å². The summed E-state index contributed by atoms with van der Waals surface area (Å²) in [5.74, 6) is 0. The maximum Gasteiger partial charge on any atom is 0.267 e. The van der Waals surface area contributed by atoms with Crippen molar-refractivity contribution in [3.8, 4) is 0 Å². The van der Waals surface area contributed by atoms with Crippen molar-refractivity contribution >= 4 is 10.1 Å². The Morgan fingerprint density at radius 3 is 1.25 bits per heavy atom. The summed E-state index contributed by atoms with van der Waals surface area (Å²) in [6.07, 6.45) is 20.6. The fourth-order valence-corrected chi connectivity index (χ4v) is 4.75. The average Bonchev–Trinajstić information content (AvgIpc) is 2.62. The summed E-state index contributed by atoms with van der Waals surface area (Å²) in [5.41, 5.74) is 0. The predicted octanol–water partition coefficient (Wildman–Crippen LogP) is 7.06. The van der Waals surface area contributed by atoms with Crippen LogP contribution in [0.3, 0.4) is 0 Å². The Labute approximate surface area is 175 Å². The molecule has 0 aromatic heterocycles. The number of unbranched alkanes of at least 4 members (excludes halogenated alkanes) is 14. The Balaban J connectivity index is 3.59. The van der Waals surface area contributed by atoms with Crippen molar-refractivity contribution < 1.29 is 18.1 Å². The van der Waals surface area contributed by atoms with Crippen LogP contribution in [0.4, 0.5) is 0 Å². The van der Waals surface area contributed by atoms with Gasteiger partial charge in [0.25, 0.3) is 10.1 Å². The van der Waals surface area contributed by atoms with Gasteiger partial charge in [-0.25, -0.2) is 0 Å². The van der Waals surface area contributed by atoms with Gasteiger partial charge in [-0.3, -0.25) is 4.55 Å². The maximum absolute atomic E-state index is 11.6. The second kappa shape index (κ2) is 18.9. The molecule has 0 rings (SSSR count). The van der Waals surface area contributed by atoms with Crippen LogP contribution < -0.4 is 0 Å². The van der Waals surface area contributed by atoms with E-state index in [9.17, 15) is 18.1 Å². The molecule has 0 aliphatic rings. The lowest BCUT2D eigenvalue weighted by Crippen LogP contribution is -2.20. The van der Waals surface area contributed by atoms with E-state index < -0.39 is 15.4 Å². The van der Waals surface area contributed by atoms with Gasteiger partial charge in [-0.05, 0) is 26.2 Å². The SMILES string of the molecule is CCCCCCCCC(CCCCCCCCCCCCC(C)O)S(=O)(=O)O. The minimum Gasteiger partial charge on any atom is -0.393 e. The molecule has 4 nitrogen and oxygen atoms in total. The molecule has 0 heterocycles. The fraction of sp³-hybridized carbons (Fsp3) is 1.00.